The van der Waals surface area contributed by atoms with Gasteiger partial charge in [-0.2, -0.15) is 0 Å². The van der Waals surface area contributed by atoms with Gasteiger partial charge in [0.15, 0.2) is 0 Å². The van der Waals surface area contributed by atoms with Gasteiger partial charge in [-0.1, -0.05) is 66.7 Å². The number of nitrogens with one attached hydrogen (secondary N) is 3. The number of aryl methyl sites for hydroxylation is 1. The molecule has 7 nitrogen and oxygen atoms in total. The number of nitrogens with zero attached hydrogens (tertiary/aromatic N) is 1. The van der Waals surface area contributed by atoms with Crippen molar-refractivity contribution in [1.29, 1.82) is 10.8 Å². The van der Waals surface area contributed by atoms with E-state index in [0.29, 0.717) is 24.3 Å². The number of amidine groups is 2. The van der Waals surface area contributed by atoms with Crippen molar-refractivity contribution < 1.29 is 4.74 Å². The maximum absolute atomic E-state index is 7.85. The van der Waals surface area contributed by atoms with Gasteiger partial charge in [-0.15, -0.1) is 0 Å². The molecule has 0 saturated carbocycles. The van der Waals surface area contributed by atoms with E-state index in [1.807, 2.05) is 80.7 Å². The lowest BCUT2D eigenvalue weighted by Crippen LogP contribution is -2.12. The van der Waals surface area contributed by atoms with Crippen molar-refractivity contribution in [1.82, 2.24) is 4.98 Å². The molecule has 36 heavy (non-hydrogen) atoms. The van der Waals surface area contributed by atoms with E-state index in [9.17, 15) is 0 Å². The van der Waals surface area contributed by atoms with Crippen molar-refractivity contribution in [3.8, 4) is 16.9 Å². The zero-order valence-electron chi connectivity index (χ0n) is 20.4. The Morgan fingerprint density at radius 3 is 2.22 bits per heavy atom. The number of nitrogens with two attached hydrogens (primary N) is 2. The van der Waals surface area contributed by atoms with E-state index >= 15 is 0 Å². The van der Waals surface area contributed by atoms with E-state index < -0.39 is 0 Å². The van der Waals surface area contributed by atoms with E-state index in [2.05, 4.69) is 22.4 Å². The summed E-state index contributed by atoms with van der Waals surface area (Å²) >= 11 is 0. The maximum atomic E-state index is 7.85. The fraction of sp³-hybridized carbons (Fsp3) is 0.138. The molecule has 0 aliphatic carbocycles. The van der Waals surface area contributed by atoms with Gasteiger partial charge in [0.05, 0.1) is 5.69 Å². The van der Waals surface area contributed by atoms with Gasteiger partial charge in [0.25, 0.3) is 0 Å². The van der Waals surface area contributed by atoms with Crippen LogP contribution < -0.4 is 21.5 Å². The van der Waals surface area contributed by atoms with E-state index in [4.69, 9.17) is 27.0 Å². The molecule has 182 valence electrons. The molecule has 1 heterocycles. The van der Waals surface area contributed by atoms with Crippen LogP contribution in [0.15, 0.2) is 79.0 Å². The highest BCUT2D eigenvalue weighted by molar-refractivity contribution is 5.97. The predicted molar refractivity (Wildman–Crippen MR) is 146 cm³/mol. The maximum Gasteiger partial charge on any atom is 0.144 e. The van der Waals surface area contributed by atoms with Gasteiger partial charge < -0.3 is 21.5 Å². The summed E-state index contributed by atoms with van der Waals surface area (Å²) in [4.78, 5) is 4.56. The van der Waals surface area contributed by atoms with Crippen LogP contribution in [0.3, 0.4) is 0 Å². The Morgan fingerprint density at radius 1 is 0.889 bits per heavy atom. The number of hydrogen-bond donors (Lipinski definition) is 5. The second kappa shape index (κ2) is 10.7. The quantitative estimate of drug-likeness (QED) is 0.168. The number of ether oxygens (including phenoxy) is 1. The third-order valence-corrected chi connectivity index (χ3v) is 6.10. The van der Waals surface area contributed by atoms with Gasteiger partial charge in [0, 0.05) is 35.1 Å². The molecule has 0 saturated heterocycles. The van der Waals surface area contributed by atoms with Crippen LogP contribution in [0.2, 0.25) is 0 Å². The van der Waals surface area contributed by atoms with Crippen molar-refractivity contribution in [2.75, 3.05) is 5.32 Å². The third kappa shape index (κ3) is 5.52. The first-order valence-electron chi connectivity index (χ1n) is 11.6. The minimum absolute atomic E-state index is 0.0258. The number of hydrogen-bond acceptors (Lipinski definition) is 5. The van der Waals surface area contributed by atoms with Crippen molar-refractivity contribution >= 4 is 17.4 Å². The monoisotopic (exact) mass is 478 g/mol. The Bertz CT molecular complexity index is 1400. The van der Waals surface area contributed by atoms with E-state index in [1.165, 1.54) is 0 Å². The van der Waals surface area contributed by atoms with Crippen molar-refractivity contribution in [3.05, 3.63) is 113 Å². The van der Waals surface area contributed by atoms with E-state index in [1.54, 1.807) is 0 Å². The zero-order chi connectivity index (χ0) is 25.7. The molecule has 3 aromatic carbocycles. The Labute approximate surface area is 211 Å². The summed E-state index contributed by atoms with van der Waals surface area (Å²) in [7, 11) is 0. The summed E-state index contributed by atoms with van der Waals surface area (Å²) in [5.41, 5.74) is 19.5. The Morgan fingerprint density at radius 2 is 1.56 bits per heavy atom. The molecule has 0 aliphatic heterocycles. The molecule has 0 aliphatic rings. The van der Waals surface area contributed by atoms with Gasteiger partial charge in [-0.3, -0.25) is 15.8 Å². The Balaban J connectivity index is 1.55. The highest BCUT2D eigenvalue weighted by Crippen LogP contribution is 2.31. The van der Waals surface area contributed by atoms with Crippen LogP contribution in [0.5, 0.6) is 5.75 Å². The minimum Gasteiger partial charge on any atom is -0.487 e. The fourth-order valence-corrected chi connectivity index (χ4v) is 3.99. The predicted octanol–water partition coefficient (Wildman–Crippen LogP) is 5.12. The second-order valence-corrected chi connectivity index (χ2v) is 8.62. The molecule has 7 heteroatoms. The largest absolute Gasteiger partial charge is 0.487 e. The van der Waals surface area contributed by atoms with Crippen molar-refractivity contribution in [3.63, 3.8) is 0 Å². The van der Waals surface area contributed by atoms with Gasteiger partial charge in [0.1, 0.15) is 24.0 Å². The number of pyridine rings is 1. The number of benzene rings is 3. The molecule has 4 rings (SSSR count). The van der Waals surface area contributed by atoms with Gasteiger partial charge >= 0.3 is 0 Å². The van der Waals surface area contributed by atoms with Crippen LogP contribution in [-0.2, 0) is 13.2 Å². The summed E-state index contributed by atoms with van der Waals surface area (Å²) < 4.78 is 6.17. The minimum atomic E-state index is 0.0258. The Kier molecular flexibility index (Phi) is 7.30. The topological polar surface area (TPSA) is 134 Å². The highest BCUT2D eigenvalue weighted by Gasteiger charge is 2.13. The molecule has 0 unspecified atom stereocenters. The normalized spacial score (nSPS) is 10.6. The molecule has 4 aromatic rings. The van der Waals surface area contributed by atoms with Gasteiger partial charge in [-0.25, -0.2) is 0 Å². The SMILES string of the molecule is Cc1ncc(CNc2cc(C(=N)N)ccc2-c2ccccc2)c(C)c1OCc1ccc(C(=N)N)cc1. The summed E-state index contributed by atoms with van der Waals surface area (Å²) in [5.74, 6) is 0.825. The zero-order valence-corrected chi connectivity index (χ0v) is 20.4. The van der Waals surface area contributed by atoms with Crippen LogP contribution in [0.1, 0.15) is 33.5 Å². The molecule has 0 atom stereocenters. The third-order valence-electron chi connectivity index (χ3n) is 6.10. The van der Waals surface area contributed by atoms with Crippen LogP contribution >= 0.6 is 0 Å². The van der Waals surface area contributed by atoms with Gasteiger partial charge in [-0.05, 0) is 42.2 Å². The standard InChI is InChI=1S/C29H30N6O/c1-18-24(15-34-19(2)27(18)36-17-20-8-10-22(11-9-20)28(30)31)16-35-26-14-23(29(32)33)12-13-25(26)21-6-4-3-5-7-21/h3-15,35H,16-17H2,1-2H3,(H3,30,31)(H3,32,33). The van der Waals surface area contributed by atoms with E-state index in [0.717, 1.165) is 44.9 Å². The lowest BCUT2D eigenvalue weighted by molar-refractivity contribution is 0.300. The summed E-state index contributed by atoms with van der Waals surface area (Å²) in [6.07, 6.45) is 1.86. The highest BCUT2D eigenvalue weighted by atomic mass is 16.5. The summed E-state index contributed by atoms with van der Waals surface area (Å²) in [6.45, 7) is 4.88. The Hall–Kier alpha value is -4.65. The first-order valence-corrected chi connectivity index (χ1v) is 11.6. The molecular weight excluding hydrogens is 448 g/mol. The summed E-state index contributed by atoms with van der Waals surface area (Å²) in [6, 6.07) is 23.3. The summed E-state index contributed by atoms with van der Waals surface area (Å²) in [5, 5.41) is 18.9. The van der Waals surface area contributed by atoms with E-state index in [-0.39, 0.29) is 11.7 Å². The number of rotatable bonds is 9. The number of nitrogen functional groups attached to an aromatic ring is 2. The number of anilines is 1. The first-order chi connectivity index (χ1) is 17.3. The first kappa shape index (κ1) is 24.5. The van der Waals surface area contributed by atoms with Crippen LogP contribution in [-0.4, -0.2) is 16.7 Å². The molecule has 1 aromatic heterocycles. The smallest absolute Gasteiger partial charge is 0.144 e. The van der Waals surface area contributed by atoms with Crippen LogP contribution in [0.25, 0.3) is 11.1 Å². The molecule has 0 radical (unpaired) electrons. The van der Waals surface area contributed by atoms with Crippen LogP contribution in [0.4, 0.5) is 5.69 Å². The van der Waals surface area contributed by atoms with Crippen molar-refractivity contribution in [2.24, 2.45) is 11.5 Å². The van der Waals surface area contributed by atoms with Crippen LogP contribution in [0, 0.1) is 24.7 Å². The average Bonchev–Trinajstić information content (AvgIpc) is 2.88. The van der Waals surface area contributed by atoms with Crippen molar-refractivity contribution in [2.45, 2.75) is 27.0 Å². The number of aromatic nitrogens is 1. The molecule has 0 amide bonds. The molecular formula is C29H30N6O. The lowest BCUT2D eigenvalue weighted by atomic mass is 10.0. The molecule has 0 spiro atoms. The average molecular weight is 479 g/mol. The fourth-order valence-electron chi connectivity index (χ4n) is 3.99. The van der Waals surface area contributed by atoms with Gasteiger partial charge in [0.2, 0.25) is 0 Å². The molecule has 0 bridgehead atoms. The molecule has 7 N–H and O–H groups in total. The second-order valence-electron chi connectivity index (χ2n) is 8.62. The lowest BCUT2D eigenvalue weighted by Gasteiger charge is -2.18. The molecule has 0 fully saturated rings.